The molecule has 0 aliphatic carbocycles. The molecule has 2 atom stereocenters. The first kappa shape index (κ1) is 16.6. The highest BCUT2D eigenvalue weighted by Crippen LogP contribution is 2.12. The molecule has 0 aliphatic rings. The number of ether oxygens (including phenoxy) is 1. The molecule has 0 radical (unpaired) electrons. The maximum absolute atomic E-state index is 13.1. The fourth-order valence-corrected chi connectivity index (χ4v) is 1.73. The standard InChI is InChI=1S/C14H14F2N2O3/c1-8(3-4-17)12(14(20)21-2)18-13(19)9-5-10(15)7-11(16)6-9/h5-8,12H,3H2,1-2H3,(H,18,19)/t8-,12-/m1/s1. The van der Waals surface area contributed by atoms with Crippen molar-refractivity contribution < 1.29 is 23.1 Å². The molecule has 112 valence electrons. The molecular weight excluding hydrogens is 282 g/mol. The Morgan fingerprint density at radius 2 is 1.90 bits per heavy atom. The van der Waals surface area contributed by atoms with E-state index in [2.05, 4.69) is 10.1 Å². The summed E-state index contributed by atoms with van der Waals surface area (Å²) in [6.45, 7) is 1.58. The van der Waals surface area contributed by atoms with E-state index in [9.17, 15) is 18.4 Å². The van der Waals surface area contributed by atoms with Crippen molar-refractivity contribution in [2.24, 2.45) is 5.92 Å². The Balaban J connectivity index is 2.95. The highest BCUT2D eigenvalue weighted by atomic mass is 19.1. The van der Waals surface area contributed by atoms with Gasteiger partial charge in [-0.3, -0.25) is 4.79 Å². The van der Waals surface area contributed by atoms with E-state index in [4.69, 9.17) is 5.26 Å². The third kappa shape index (κ3) is 4.53. The van der Waals surface area contributed by atoms with Gasteiger partial charge in [0.25, 0.3) is 5.91 Å². The van der Waals surface area contributed by atoms with Gasteiger partial charge in [0.2, 0.25) is 0 Å². The van der Waals surface area contributed by atoms with Crippen LogP contribution in [0.5, 0.6) is 0 Å². The van der Waals surface area contributed by atoms with Gasteiger partial charge in [-0.05, 0) is 12.1 Å². The van der Waals surface area contributed by atoms with Crippen molar-refractivity contribution in [3.8, 4) is 6.07 Å². The minimum Gasteiger partial charge on any atom is -0.467 e. The Kier molecular flexibility index (Phi) is 5.79. The number of methoxy groups -OCH3 is 1. The number of benzene rings is 1. The quantitative estimate of drug-likeness (QED) is 0.840. The zero-order chi connectivity index (χ0) is 16.0. The summed E-state index contributed by atoms with van der Waals surface area (Å²) in [5.74, 6) is -3.87. The Morgan fingerprint density at radius 3 is 2.38 bits per heavy atom. The summed E-state index contributed by atoms with van der Waals surface area (Å²) in [5, 5.41) is 11.0. The van der Waals surface area contributed by atoms with Crippen molar-refractivity contribution in [2.45, 2.75) is 19.4 Å². The van der Waals surface area contributed by atoms with Gasteiger partial charge in [-0.1, -0.05) is 6.92 Å². The molecule has 0 aromatic heterocycles. The van der Waals surface area contributed by atoms with Crippen molar-refractivity contribution >= 4 is 11.9 Å². The second kappa shape index (κ2) is 7.33. The number of carbonyl (C=O) groups excluding carboxylic acids is 2. The minimum absolute atomic E-state index is 0.0115. The molecule has 0 bridgehead atoms. The molecule has 0 spiro atoms. The maximum atomic E-state index is 13.1. The first-order valence-electron chi connectivity index (χ1n) is 6.10. The number of carbonyl (C=O) groups is 2. The molecule has 0 heterocycles. The number of hydrogen-bond acceptors (Lipinski definition) is 4. The van der Waals surface area contributed by atoms with Gasteiger partial charge in [0.15, 0.2) is 0 Å². The van der Waals surface area contributed by atoms with Crippen LogP contribution in [0.3, 0.4) is 0 Å². The van der Waals surface area contributed by atoms with E-state index in [1.807, 2.05) is 6.07 Å². The van der Waals surface area contributed by atoms with Crippen LogP contribution in [0.2, 0.25) is 0 Å². The highest BCUT2D eigenvalue weighted by Gasteiger charge is 2.28. The number of rotatable bonds is 5. The van der Waals surface area contributed by atoms with Crippen molar-refractivity contribution in [1.82, 2.24) is 5.32 Å². The first-order chi connectivity index (χ1) is 9.88. The van der Waals surface area contributed by atoms with Gasteiger partial charge in [0, 0.05) is 24.0 Å². The van der Waals surface area contributed by atoms with Gasteiger partial charge in [-0.2, -0.15) is 5.26 Å². The fraction of sp³-hybridized carbons (Fsp3) is 0.357. The summed E-state index contributed by atoms with van der Waals surface area (Å²) in [4.78, 5) is 23.6. The van der Waals surface area contributed by atoms with Gasteiger partial charge in [0.1, 0.15) is 17.7 Å². The lowest BCUT2D eigenvalue weighted by Gasteiger charge is -2.21. The summed E-state index contributed by atoms with van der Waals surface area (Å²) < 4.78 is 30.7. The number of nitrogens with one attached hydrogen (secondary N) is 1. The zero-order valence-corrected chi connectivity index (χ0v) is 11.5. The van der Waals surface area contributed by atoms with Crippen LogP contribution in [0.25, 0.3) is 0 Å². The molecule has 1 rings (SSSR count). The van der Waals surface area contributed by atoms with Crippen molar-refractivity contribution in [3.05, 3.63) is 35.4 Å². The van der Waals surface area contributed by atoms with E-state index in [1.54, 1.807) is 6.92 Å². The summed E-state index contributed by atoms with van der Waals surface area (Å²) in [6, 6.07) is 3.13. The SMILES string of the molecule is COC(=O)[C@H](NC(=O)c1cc(F)cc(F)c1)[C@H](C)CC#N. The van der Waals surface area contributed by atoms with Crippen molar-refractivity contribution in [1.29, 1.82) is 5.26 Å². The van der Waals surface area contributed by atoms with Crippen molar-refractivity contribution in [2.75, 3.05) is 7.11 Å². The lowest BCUT2D eigenvalue weighted by atomic mass is 9.98. The van der Waals surface area contributed by atoms with E-state index in [1.165, 1.54) is 0 Å². The molecule has 1 N–H and O–H groups in total. The largest absolute Gasteiger partial charge is 0.467 e. The number of nitriles is 1. The Morgan fingerprint density at radius 1 is 1.33 bits per heavy atom. The van der Waals surface area contributed by atoms with E-state index < -0.39 is 35.5 Å². The van der Waals surface area contributed by atoms with E-state index in [0.717, 1.165) is 19.2 Å². The van der Waals surface area contributed by atoms with Crippen LogP contribution in [0.15, 0.2) is 18.2 Å². The van der Waals surface area contributed by atoms with Crippen LogP contribution >= 0.6 is 0 Å². The van der Waals surface area contributed by atoms with Gasteiger partial charge in [-0.25, -0.2) is 13.6 Å². The average molecular weight is 296 g/mol. The molecule has 21 heavy (non-hydrogen) atoms. The van der Waals surface area contributed by atoms with Crippen LogP contribution in [0, 0.1) is 28.9 Å². The van der Waals surface area contributed by atoms with Crippen LogP contribution in [-0.4, -0.2) is 25.0 Å². The van der Waals surface area contributed by atoms with Gasteiger partial charge in [-0.15, -0.1) is 0 Å². The maximum Gasteiger partial charge on any atom is 0.328 e. The lowest BCUT2D eigenvalue weighted by molar-refractivity contribution is -0.144. The predicted octanol–water partition coefficient (Wildman–Crippen LogP) is 1.79. The Labute approximate surface area is 120 Å². The van der Waals surface area contributed by atoms with Gasteiger partial charge in [0.05, 0.1) is 13.2 Å². The van der Waals surface area contributed by atoms with Crippen LogP contribution in [0.4, 0.5) is 8.78 Å². The predicted molar refractivity (Wildman–Crippen MR) is 69.0 cm³/mol. The zero-order valence-electron chi connectivity index (χ0n) is 11.5. The molecule has 0 fully saturated rings. The monoisotopic (exact) mass is 296 g/mol. The fourth-order valence-electron chi connectivity index (χ4n) is 1.73. The van der Waals surface area contributed by atoms with Crippen molar-refractivity contribution in [3.63, 3.8) is 0 Å². The number of halogens is 2. The normalized spacial score (nSPS) is 12.9. The molecule has 7 heteroatoms. The molecule has 1 amide bonds. The summed E-state index contributed by atoms with van der Waals surface area (Å²) >= 11 is 0. The number of hydrogen-bond donors (Lipinski definition) is 1. The topological polar surface area (TPSA) is 79.2 Å². The van der Waals surface area contributed by atoms with Crippen LogP contribution < -0.4 is 5.32 Å². The highest BCUT2D eigenvalue weighted by molar-refractivity contribution is 5.96. The second-order valence-electron chi connectivity index (χ2n) is 4.47. The number of esters is 1. The second-order valence-corrected chi connectivity index (χ2v) is 4.47. The van der Waals surface area contributed by atoms with Gasteiger partial charge < -0.3 is 10.1 Å². The van der Waals surface area contributed by atoms with Gasteiger partial charge >= 0.3 is 5.97 Å². The summed E-state index contributed by atoms with van der Waals surface area (Å²) in [5.41, 5.74) is -0.259. The third-order valence-electron chi connectivity index (χ3n) is 2.85. The molecule has 0 aliphatic heterocycles. The first-order valence-corrected chi connectivity index (χ1v) is 6.10. The smallest absolute Gasteiger partial charge is 0.328 e. The molecule has 1 aromatic carbocycles. The molecule has 0 saturated heterocycles. The third-order valence-corrected chi connectivity index (χ3v) is 2.85. The molecule has 0 unspecified atom stereocenters. The summed E-state index contributed by atoms with van der Waals surface area (Å²) in [7, 11) is 1.14. The molecule has 5 nitrogen and oxygen atoms in total. The molecular formula is C14H14F2N2O3. The molecule has 1 aromatic rings. The average Bonchev–Trinajstić information content (AvgIpc) is 2.42. The Bertz CT molecular complexity index is 564. The van der Waals surface area contributed by atoms with Crippen LogP contribution in [-0.2, 0) is 9.53 Å². The summed E-state index contributed by atoms with van der Waals surface area (Å²) in [6.07, 6.45) is 0.0115. The lowest BCUT2D eigenvalue weighted by Crippen LogP contribution is -2.45. The van der Waals surface area contributed by atoms with E-state index in [-0.39, 0.29) is 12.0 Å². The molecule has 0 saturated carbocycles. The van der Waals surface area contributed by atoms with E-state index in [0.29, 0.717) is 6.07 Å². The number of amides is 1. The minimum atomic E-state index is -1.08. The number of nitrogens with zero attached hydrogens (tertiary/aromatic N) is 1. The van der Waals surface area contributed by atoms with E-state index >= 15 is 0 Å². The van der Waals surface area contributed by atoms with Crippen LogP contribution in [0.1, 0.15) is 23.7 Å². The Hall–Kier alpha value is -2.49.